The first kappa shape index (κ1) is 16.0. The monoisotopic (exact) mass is 301 g/mol. The summed E-state index contributed by atoms with van der Waals surface area (Å²) in [5.41, 5.74) is 2.20. The van der Waals surface area contributed by atoms with Crippen molar-refractivity contribution in [1.29, 1.82) is 0 Å². The predicted octanol–water partition coefficient (Wildman–Crippen LogP) is 0.861. The summed E-state index contributed by atoms with van der Waals surface area (Å²) in [4.78, 5) is 4.20. The third kappa shape index (κ3) is 4.60. The smallest absolute Gasteiger partial charge is 0.191 e. The van der Waals surface area contributed by atoms with Crippen LogP contribution in [0.4, 0.5) is 0 Å². The van der Waals surface area contributed by atoms with Crippen LogP contribution in [0.5, 0.6) is 0 Å². The molecule has 6 nitrogen and oxygen atoms in total. The van der Waals surface area contributed by atoms with E-state index in [4.69, 9.17) is 0 Å². The number of hydrogen-bond donors (Lipinski definition) is 3. The number of aliphatic imine (C=N–C) groups is 1. The third-order valence-corrected chi connectivity index (χ3v) is 3.45. The van der Waals surface area contributed by atoms with Gasteiger partial charge in [0.05, 0.1) is 12.8 Å². The van der Waals surface area contributed by atoms with Crippen LogP contribution in [0.1, 0.15) is 17.0 Å². The van der Waals surface area contributed by atoms with Gasteiger partial charge in [-0.2, -0.15) is 5.10 Å². The summed E-state index contributed by atoms with van der Waals surface area (Å²) in [6.07, 6.45) is 3.78. The molecular formula is C16H23N5O. The highest BCUT2D eigenvalue weighted by molar-refractivity contribution is 5.79. The van der Waals surface area contributed by atoms with Crippen molar-refractivity contribution < 1.29 is 5.11 Å². The minimum Gasteiger partial charge on any atom is -0.396 e. The van der Waals surface area contributed by atoms with E-state index in [0.29, 0.717) is 19.0 Å². The maximum atomic E-state index is 9.56. The second kappa shape index (κ2) is 8.19. The molecule has 3 N–H and O–H groups in total. The molecule has 2 aromatic rings. The number of aliphatic hydroxyl groups is 1. The lowest BCUT2D eigenvalue weighted by Gasteiger charge is -2.17. The highest BCUT2D eigenvalue weighted by atomic mass is 16.3. The normalized spacial score (nSPS) is 13.0. The van der Waals surface area contributed by atoms with E-state index < -0.39 is 0 Å². The van der Waals surface area contributed by atoms with Crippen molar-refractivity contribution >= 4 is 5.96 Å². The number of aryl methyl sites for hydroxylation is 1. The summed E-state index contributed by atoms with van der Waals surface area (Å²) in [6, 6.07) is 9.98. The standard InChI is InChI=1S/C16H23N5O/c1-17-16(18-8-13-9-20-21(2)11-13)19-10-15(12-22)14-6-4-3-5-7-14/h3-7,9,11,15,22H,8,10,12H2,1-2H3,(H2,17,18,19). The summed E-state index contributed by atoms with van der Waals surface area (Å²) >= 11 is 0. The Morgan fingerprint density at radius 1 is 1.32 bits per heavy atom. The molecule has 0 aliphatic rings. The van der Waals surface area contributed by atoms with Gasteiger partial charge in [0, 0.05) is 44.9 Å². The molecule has 0 amide bonds. The molecule has 6 heteroatoms. The zero-order chi connectivity index (χ0) is 15.8. The van der Waals surface area contributed by atoms with Crippen LogP contribution in [0.3, 0.4) is 0 Å². The lowest BCUT2D eigenvalue weighted by Crippen LogP contribution is -2.39. The summed E-state index contributed by atoms with van der Waals surface area (Å²) in [5.74, 6) is 0.747. The Morgan fingerprint density at radius 3 is 2.68 bits per heavy atom. The first-order valence-electron chi connectivity index (χ1n) is 7.30. The molecule has 0 radical (unpaired) electrons. The number of nitrogens with one attached hydrogen (secondary N) is 2. The van der Waals surface area contributed by atoms with Crippen molar-refractivity contribution in [3.63, 3.8) is 0 Å². The van der Waals surface area contributed by atoms with E-state index in [1.165, 1.54) is 0 Å². The van der Waals surface area contributed by atoms with Crippen LogP contribution in [0.2, 0.25) is 0 Å². The first-order chi connectivity index (χ1) is 10.7. The Balaban J connectivity index is 1.85. The quantitative estimate of drug-likeness (QED) is 0.546. The molecule has 118 valence electrons. The molecule has 0 saturated carbocycles. The fraction of sp³-hybridized carbons (Fsp3) is 0.375. The lowest BCUT2D eigenvalue weighted by molar-refractivity contribution is 0.265. The number of aromatic nitrogens is 2. The Hall–Kier alpha value is -2.34. The van der Waals surface area contributed by atoms with E-state index in [0.717, 1.165) is 11.1 Å². The topological polar surface area (TPSA) is 74.5 Å². The van der Waals surface area contributed by atoms with Gasteiger partial charge in [-0.1, -0.05) is 30.3 Å². The number of nitrogens with zero attached hydrogens (tertiary/aromatic N) is 3. The van der Waals surface area contributed by atoms with Crippen LogP contribution < -0.4 is 10.6 Å². The minimum atomic E-state index is 0.0399. The molecule has 1 aromatic heterocycles. The second-order valence-electron chi connectivity index (χ2n) is 5.12. The minimum absolute atomic E-state index is 0.0399. The molecule has 22 heavy (non-hydrogen) atoms. The number of aliphatic hydroxyl groups excluding tert-OH is 1. The summed E-state index contributed by atoms with van der Waals surface area (Å²) < 4.78 is 1.77. The van der Waals surface area contributed by atoms with E-state index in [-0.39, 0.29) is 12.5 Å². The summed E-state index contributed by atoms with van der Waals surface area (Å²) in [5, 5.41) is 20.2. The van der Waals surface area contributed by atoms with Gasteiger partial charge in [0.15, 0.2) is 5.96 Å². The SMILES string of the molecule is CN=C(NCc1cnn(C)c1)NCC(CO)c1ccccc1. The van der Waals surface area contributed by atoms with E-state index in [1.54, 1.807) is 11.7 Å². The molecule has 2 rings (SSSR count). The van der Waals surface area contributed by atoms with Gasteiger partial charge in [0.25, 0.3) is 0 Å². The molecule has 1 atom stereocenters. The van der Waals surface area contributed by atoms with Crippen LogP contribution in [0.15, 0.2) is 47.7 Å². The van der Waals surface area contributed by atoms with Gasteiger partial charge < -0.3 is 15.7 Å². The molecule has 1 unspecified atom stereocenters. The second-order valence-corrected chi connectivity index (χ2v) is 5.12. The summed E-state index contributed by atoms with van der Waals surface area (Å²) in [7, 11) is 3.62. The molecule has 0 aliphatic heterocycles. The Bertz CT molecular complexity index is 594. The molecular weight excluding hydrogens is 278 g/mol. The fourth-order valence-electron chi connectivity index (χ4n) is 2.20. The van der Waals surface area contributed by atoms with Crippen molar-refractivity contribution in [1.82, 2.24) is 20.4 Å². The first-order valence-corrected chi connectivity index (χ1v) is 7.30. The average molecular weight is 301 g/mol. The maximum Gasteiger partial charge on any atom is 0.191 e. The maximum absolute atomic E-state index is 9.56. The zero-order valence-electron chi connectivity index (χ0n) is 13.0. The van der Waals surface area contributed by atoms with E-state index in [2.05, 4.69) is 20.7 Å². The van der Waals surface area contributed by atoms with Crippen molar-refractivity contribution in [3.8, 4) is 0 Å². The van der Waals surface area contributed by atoms with Gasteiger partial charge in [-0.05, 0) is 5.56 Å². The van der Waals surface area contributed by atoms with Crippen molar-refractivity contribution in [3.05, 3.63) is 53.9 Å². The highest BCUT2D eigenvalue weighted by Crippen LogP contribution is 2.13. The number of hydrogen-bond acceptors (Lipinski definition) is 3. The zero-order valence-corrected chi connectivity index (χ0v) is 13.0. The van der Waals surface area contributed by atoms with Gasteiger partial charge in [-0.3, -0.25) is 9.67 Å². The van der Waals surface area contributed by atoms with Gasteiger partial charge in [-0.15, -0.1) is 0 Å². The fourth-order valence-corrected chi connectivity index (χ4v) is 2.20. The molecule has 1 aromatic carbocycles. The summed E-state index contributed by atoms with van der Waals surface area (Å²) in [6.45, 7) is 1.37. The van der Waals surface area contributed by atoms with Crippen LogP contribution in [-0.2, 0) is 13.6 Å². The van der Waals surface area contributed by atoms with Gasteiger partial charge in [0.2, 0.25) is 0 Å². The molecule has 0 aliphatic carbocycles. The third-order valence-electron chi connectivity index (χ3n) is 3.45. The molecule has 0 fully saturated rings. The van der Waals surface area contributed by atoms with Gasteiger partial charge in [-0.25, -0.2) is 0 Å². The molecule has 0 spiro atoms. The molecule has 0 bridgehead atoms. The molecule has 1 heterocycles. The highest BCUT2D eigenvalue weighted by Gasteiger charge is 2.10. The predicted molar refractivity (Wildman–Crippen MR) is 87.7 cm³/mol. The lowest BCUT2D eigenvalue weighted by atomic mass is 10.0. The van der Waals surface area contributed by atoms with Crippen molar-refractivity contribution in [2.45, 2.75) is 12.5 Å². The van der Waals surface area contributed by atoms with E-state index >= 15 is 0 Å². The van der Waals surface area contributed by atoms with Crippen LogP contribution in [-0.4, -0.2) is 41.0 Å². The van der Waals surface area contributed by atoms with Gasteiger partial charge in [0.1, 0.15) is 0 Å². The largest absolute Gasteiger partial charge is 0.396 e. The van der Waals surface area contributed by atoms with Crippen molar-refractivity contribution in [2.24, 2.45) is 12.0 Å². The van der Waals surface area contributed by atoms with Crippen LogP contribution >= 0.6 is 0 Å². The van der Waals surface area contributed by atoms with Crippen molar-refractivity contribution in [2.75, 3.05) is 20.2 Å². The number of guanidine groups is 1. The van der Waals surface area contributed by atoms with E-state index in [1.807, 2.05) is 49.8 Å². The van der Waals surface area contributed by atoms with Crippen LogP contribution in [0, 0.1) is 0 Å². The van der Waals surface area contributed by atoms with E-state index in [9.17, 15) is 5.11 Å². The van der Waals surface area contributed by atoms with Crippen LogP contribution in [0.25, 0.3) is 0 Å². The Labute approximate surface area is 130 Å². The Morgan fingerprint density at radius 2 is 2.09 bits per heavy atom. The number of rotatable bonds is 6. The Kier molecular flexibility index (Phi) is 5.97. The average Bonchev–Trinajstić information content (AvgIpc) is 2.97. The van der Waals surface area contributed by atoms with Gasteiger partial charge >= 0.3 is 0 Å². The number of benzene rings is 1. The molecule has 0 saturated heterocycles.